The lowest BCUT2D eigenvalue weighted by molar-refractivity contribution is 0.484. The van der Waals surface area contributed by atoms with Crippen molar-refractivity contribution in [3.8, 4) is 5.82 Å². The van der Waals surface area contributed by atoms with Crippen molar-refractivity contribution in [2.75, 3.05) is 13.1 Å². The third kappa shape index (κ3) is 4.75. The monoisotopic (exact) mass is 389 g/mol. The van der Waals surface area contributed by atoms with Crippen LogP contribution in [-0.4, -0.2) is 41.5 Å². The molecule has 0 spiro atoms. The molecule has 3 heterocycles. The normalized spacial score (nSPS) is 17.0. The second-order valence-corrected chi connectivity index (χ2v) is 7.88. The summed E-state index contributed by atoms with van der Waals surface area (Å²) in [5.41, 5.74) is 0.740. The molecule has 2 aromatic heterocycles. The Bertz CT molecular complexity index is 791. The van der Waals surface area contributed by atoms with Gasteiger partial charge in [-0.3, -0.25) is 0 Å². The fraction of sp³-hybridized carbons (Fsp3) is 0.467. The van der Waals surface area contributed by atoms with Gasteiger partial charge >= 0.3 is 0 Å². The van der Waals surface area contributed by atoms with E-state index in [4.69, 9.17) is 0 Å². The predicted octanol–water partition coefficient (Wildman–Crippen LogP) is 1.56. The second kappa shape index (κ2) is 8.22. The zero-order chi connectivity index (χ0) is 17.2. The van der Waals surface area contributed by atoms with E-state index < -0.39 is 15.8 Å². The van der Waals surface area contributed by atoms with E-state index in [1.807, 2.05) is 0 Å². The Hall–Kier alpha value is -1.55. The van der Waals surface area contributed by atoms with Crippen LogP contribution in [0.25, 0.3) is 5.82 Å². The van der Waals surface area contributed by atoms with Gasteiger partial charge in [-0.25, -0.2) is 27.2 Å². The van der Waals surface area contributed by atoms with Crippen molar-refractivity contribution < 1.29 is 12.8 Å². The SMILES string of the molecule is CC(NS(=O)(=O)C1CCNCC1)c1ccc(-n2cc(F)cn2)nc1.Cl. The molecule has 10 heteroatoms. The highest BCUT2D eigenvalue weighted by atomic mass is 35.5. The smallest absolute Gasteiger partial charge is 0.215 e. The van der Waals surface area contributed by atoms with Crippen molar-refractivity contribution in [3.63, 3.8) is 0 Å². The summed E-state index contributed by atoms with van der Waals surface area (Å²) in [5, 5.41) is 6.64. The highest BCUT2D eigenvalue weighted by Crippen LogP contribution is 2.18. The van der Waals surface area contributed by atoms with Crippen LogP contribution in [0, 0.1) is 5.82 Å². The van der Waals surface area contributed by atoms with Crippen LogP contribution < -0.4 is 10.0 Å². The average molecular weight is 390 g/mol. The van der Waals surface area contributed by atoms with Crippen LogP contribution >= 0.6 is 12.4 Å². The van der Waals surface area contributed by atoms with E-state index in [2.05, 4.69) is 20.1 Å². The first-order valence-corrected chi connectivity index (χ1v) is 9.39. The molecule has 1 unspecified atom stereocenters. The van der Waals surface area contributed by atoms with Gasteiger partial charge in [0.1, 0.15) is 0 Å². The average Bonchev–Trinajstić information content (AvgIpc) is 3.02. The second-order valence-electron chi connectivity index (χ2n) is 5.89. The Morgan fingerprint density at radius 1 is 1.32 bits per heavy atom. The van der Waals surface area contributed by atoms with Gasteiger partial charge in [0, 0.05) is 12.2 Å². The predicted molar refractivity (Wildman–Crippen MR) is 94.9 cm³/mol. The van der Waals surface area contributed by atoms with Gasteiger partial charge in [-0.05, 0) is 44.5 Å². The number of sulfonamides is 1. The molecule has 1 aliphatic rings. The van der Waals surface area contributed by atoms with E-state index >= 15 is 0 Å². The maximum atomic E-state index is 13.0. The van der Waals surface area contributed by atoms with Gasteiger partial charge in [-0.15, -0.1) is 12.4 Å². The molecule has 1 aliphatic heterocycles. The zero-order valence-corrected chi connectivity index (χ0v) is 15.4. The van der Waals surface area contributed by atoms with Crippen LogP contribution in [-0.2, 0) is 10.0 Å². The number of piperidine rings is 1. The number of nitrogens with zero attached hydrogens (tertiary/aromatic N) is 3. The lowest BCUT2D eigenvalue weighted by atomic mass is 10.1. The van der Waals surface area contributed by atoms with Crippen LogP contribution in [0.4, 0.5) is 4.39 Å². The van der Waals surface area contributed by atoms with Gasteiger partial charge in [-0.2, -0.15) is 5.10 Å². The molecule has 0 aromatic carbocycles. The maximum absolute atomic E-state index is 13.0. The van der Waals surface area contributed by atoms with Crippen LogP contribution in [0.15, 0.2) is 30.7 Å². The van der Waals surface area contributed by atoms with E-state index in [1.165, 1.54) is 10.9 Å². The molecule has 0 aliphatic carbocycles. The minimum absolute atomic E-state index is 0. The number of rotatable bonds is 5. The first-order chi connectivity index (χ1) is 11.5. The quantitative estimate of drug-likeness (QED) is 0.810. The lowest BCUT2D eigenvalue weighted by Crippen LogP contribution is -2.42. The van der Waals surface area contributed by atoms with Crippen LogP contribution in [0.1, 0.15) is 31.4 Å². The lowest BCUT2D eigenvalue weighted by Gasteiger charge is -2.25. The van der Waals surface area contributed by atoms with Crippen LogP contribution in [0.2, 0.25) is 0 Å². The van der Waals surface area contributed by atoms with Crippen molar-refractivity contribution in [1.82, 2.24) is 24.8 Å². The Morgan fingerprint density at radius 2 is 2.04 bits per heavy atom. The van der Waals surface area contributed by atoms with Gasteiger partial charge in [-0.1, -0.05) is 6.07 Å². The molecule has 3 rings (SSSR count). The summed E-state index contributed by atoms with van der Waals surface area (Å²) >= 11 is 0. The minimum Gasteiger partial charge on any atom is -0.317 e. The Labute approximate surface area is 152 Å². The van der Waals surface area contributed by atoms with E-state index in [-0.39, 0.29) is 23.7 Å². The summed E-state index contributed by atoms with van der Waals surface area (Å²) in [6.45, 7) is 3.22. The van der Waals surface area contributed by atoms with Gasteiger partial charge in [0.25, 0.3) is 0 Å². The van der Waals surface area contributed by atoms with E-state index in [0.29, 0.717) is 18.7 Å². The van der Waals surface area contributed by atoms with Crippen molar-refractivity contribution in [2.45, 2.75) is 31.1 Å². The fourth-order valence-corrected chi connectivity index (χ4v) is 4.41. The third-order valence-corrected chi connectivity index (χ3v) is 6.15. The molecular formula is C15H21ClFN5O2S. The van der Waals surface area contributed by atoms with Crippen molar-refractivity contribution in [2.24, 2.45) is 0 Å². The summed E-state index contributed by atoms with van der Waals surface area (Å²) in [6, 6.07) is 3.05. The number of halogens is 2. The number of hydrogen-bond acceptors (Lipinski definition) is 5. The Kier molecular flexibility index (Phi) is 6.50. The highest BCUT2D eigenvalue weighted by Gasteiger charge is 2.28. The summed E-state index contributed by atoms with van der Waals surface area (Å²) in [4.78, 5) is 4.21. The van der Waals surface area contributed by atoms with E-state index in [0.717, 1.165) is 24.8 Å². The molecule has 7 nitrogen and oxygen atoms in total. The molecule has 0 amide bonds. The number of nitrogens with one attached hydrogen (secondary N) is 2. The molecule has 1 atom stereocenters. The molecular weight excluding hydrogens is 369 g/mol. The Balaban J connectivity index is 0.00000225. The van der Waals surface area contributed by atoms with Crippen molar-refractivity contribution in [1.29, 1.82) is 0 Å². The molecule has 138 valence electrons. The minimum atomic E-state index is -3.37. The number of pyridine rings is 1. The van der Waals surface area contributed by atoms with E-state index in [1.54, 1.807) is 25.3 Å². The molecule has 25 heavy (non-hydrogen) atoms. The largest absolute Gasteiger partial charge is 0.317 e. The first-order valence-electron chi connectivity index (χ1n) is 7.84. The molecule has 0 radical (unpaired) electrons. The third-order valence-electron chi connectivity index (χ3n) is 4.12. The molecule has 0 bridgehead atoms. The first kappa shape index (κ1) is 19.8. The van der Waals surface area contributed by atoms with Crippen molar-refractivity contribution in [3.05, 3.63) is 42.1 Å². The highest BCUT2D eigenvalue weighted by molar-refractivity contribution is 7.90. The maximum Gasteiger partial charge on any atom is 0.215 e. The van der Waals surface area contributed by atoms with Crippen molar-refractivity contribution >= 4 is 22.4 Å². The number of hydrogen-bond donors (Lipinski definition) is 2. The van der Waals surface area contributed by atoms with Gasteiger partial charge in [0.05, 0.1) is 17.6 Å². The summed E-state index contributed by atoms with van der Waals surface area (Å²) < 4.78 is 41.9. The van der Waals surface area contributed by atoms with Crippen LogP contribution in [0.3, 0.4) is 0 Å². The van der Waals surface area contributed by atoms with Gasteiger partial charge in [0.2, 0.25) is 10.0 Å². The molecule has 2 aromatic rings. The van der Waals surface area contributed by atoms with Gasteiger partial charge in [0.15, 0.2) is 11.6 Å². The standard InChI is InChI=1S/C15H20FN5O2S.ClH/c1-11(20-24(22,23)14-4-6-17-7-5-14)12-2-3-15(18-8-12)21-10-13(16)9-19-21;/h2-3,8-11,14,17,20H,4-7H2,1H3;1H. The molecule has 1 saturated heterocycles. The Morgan fingerprint density at radius 3 is 2.60 bits per heavy atom. The number of aromatic nitrogens is 3. The van der Waals surface area contributed by atoms with Gasteiger partial charge < -0.3 is 5.32 Å². The van der Waals surface area contributed by atoms with Crippen LogP contribution in [0.5, 0.6) is 0 Å². The summed E-state index contributed by atoms with van der Waals surface area (Å²) in [7, 11) is -3.37. The molecule has 0 saturated carbocycles. The molecule has 2 N–H and O–H groups in total. The zero-order valence-electron chi connectivity index (χ0n) is 13.7. The summed E-state index contributed by atoms with van der Waals surface area (Å²) in [5.74, 6) is 0.0278. The fourth-order valence-electron chi connectivity index (χ4n) is 2.73. The topological polar surface area (TPSA) is 88.9 Å². The molecule has 1 fully saturated rings. The van der Waals surface area contributed by atoms with E-state index in [9.17, 15) is 12.8 Å². The summed E-state index contributed by atoms with van der Waals surface area (Å²) in [6.07, 6.45) is 5.13.